The normalized spacial score (nSPS) is 24.0. The first kappa shape index (κ1) is 21.1. The number of halogens is 2. The Morgan fingerprint density at radius 1 is 1.32 bits per heavy atom. The topological polar surface area (TPSA) is 88.2 Å². The molecule has 7 nitrogen and oxygen atoms in total. The van der Waals surface area contributed by atoms with Crippen LogP contribution in [0, 0.1) is 12.8 Å². The van der Waals surface area contributed by atoms with E-state index >= 15 is 0 Å². The van der Waals surface area contributed by atoms with Crippen LogP contribution in [-0.2, 0) is 0 Å². The van der Waals surface area contributed by atoms with Gasteiger partial charge in [0.25, 0.3) is 0 Å². The summed E-state index contributed by atoms with van der Waals surface area (Å²) in [6.45, 7) is 6.41. The maximum absolute atomic E-state index is 6.46. The minimum Gasteiger partial charge on any atom is -0.403 e. The fourth-order valence-corrected chi connectivity index (χ4v) is 3.87. The first-order valence-electron chi connectivity index (χ1n) is 9.59. The van der Waals surface area contributed by atoms with Crippen LogP contribution in [0.25, 0.3) is 5.57 Å². The average Bonchev–Trinajstić information content (AvgIpc) is 3.20. The summed E-state index contributed by atoms with van der Waals surface area (Å²) >= 11 is 12.9. The van der Waals surface area contributed by atoms with Crippen molar-refractivity contribution in [3.8, 4) is 0 Å². The van der Waals surface area contributed by atoms with Gasteiger partial charge in [-0.1, -0.05) is 47.6 Å². The van der Waals surface area contributed by atoms with Crippen LogP contribution in [0.3, 0.4) is 0 Å². The summed E-state index contributed by atoms with van der Waals surface area (Å²) in [5.41, 5.74) is 2.99. The van der Waals surface area contributed by atoms with Crippen molar-refractivity contribution in [1.82, 2.24) is 20.5 Å². The lowest BCUT2D eigenvalue weighted by molar-refractivity contribution is 0.557. The third kappa shape index (κ3) is 5.13. The molecule has 2 N–H and O–H groups in total. The van der Waals surface area contributed by atoms with E-state index in [9.17, 15) is 0 Å². The summed E-state index contributed by atoms with van der Waals surface area (Å²) in [4.78, 5) is 8.78. The molecule has 1 aliphatic carbocycles. The van der Waals surface area contributed by atoms with E-state index in [1.54, 1.807) is 6.20 Å². The highest BCUT2D eigenvalue weighted by atomic mass is 35.5. The molecule has 0 amide bonds. The lowest BCUT2D eigenvalue weighted by atomic mass is 9.98. The van der Waals surface area contributed by atoms with E-state index in [1.807, 2.05) is 55.5 Å². The molecular formula is C22H20Cl2N6O. The van der Waals surface area contributed by atoms with Gasteiger partial charge in [-0.25, -0.2) is 0 Å². The number of anilines is 2. The molecule has 2 aliphatic rings. The smallest absolute Gasteiger partial charge is 0.320 e. The predicted molar refractivity (Wildman–Crippen MR) is 124 cm³/mol. The number of nitrogens with zero attached hydrogens (tertiary/aromatic N) is 4. The monoisotopic (exact) mass is 454 g/mol. The molecule has 2 aromatic heterocycles. The SMILES string of the molecule is C=C1/C=C(c2nnc(Nc3ccnc(C)c3)o2)\C=C/CN=C(C2C(Cl)=CC=CC2Cl)N1. The van der Waals surface area contributed by atoms with Crippen LogP contribution in [0.1, 0.15) is 11.6 Å². The van der Waals surface area contributed by atoms with Gasteiger partial charge in [-0.2, -0.15) is 0 Å². The Hall–Kier alpha value is -3.16. The third-order valence-electron chi connectivity index (χ3n) is 4.56. The Balaban J connectivity index is 1.52. The molecule has 0 radical (unpaired) electrons. The van der Waals surface area contributed by atoms with Crippen molar-refractivity contribution in [3.63, 3.8) is 0 Å². The van der Waals surface area contributed by atoms with Gasteiger partial charge in [0.2, 0.25) is 5.89 Å². The number of rotatable bonds is 4. The largest absolute Gasteiger partial charge is 0.403 e. The van der Waals surface area contributed by atoms with Crippen LogP contribution in [0.15, 0.2) is 81.5 Å². The highest BCUT2D eigenvalue weighted by molar-refractivity contribution is 6.34. The molecule has 2 unspecified atom stereocenters. The van der Waals surface area contributed by atoms with E-state index in [-0.39, 0.29) is 17.3 Å². The number of allylic oxidation sites excluding steroid dienone is 6. The first-order chi connectivity index (χ1) is 15.0. The van der Waals surface area contributed by atoms with Crippen LogP contribution in [0.2, 0.25) is 0 Å². The highest BCUT2D eigenvalue weighted by Gasteiger charge is 2.28. The van der Waals surface area contributed by atoms with Gasteiger partial charge in [0, 0.05) is 33.9 Å². The number of nitrogens with one attached hydrogen (secondary N) is 2. The van der Waals surface area contributed by atoms with Crippen LogP contribution >= 0.6 is 23.2 Å². The standard InChI is InChI=1S/C22H20Cl2N6O/c1-13-12-16(8-10-25-13)28-22-30-29-21(31-22)15-5-4-9-26-20(27-14(2)11-15)19-17(23)6-3-7-18(19)24/h3-8,10-12,17,19H,2,9H2,1H3,(H,26,27)(H,25,28,30)/b5-4-,15-11+. The number of amidine groups is 1. The number of aliphatic imine (C=N–C) groups is 1. The Morgan fingerprint density at radius 3 is 3.00 bits per heavy atom. The number of hydrogen-bond donors (Lipinski definition) is 2. The van der Waals surface area contributed by atoms with E-state index in [1.165, 1.54) is 0 Å². The number of hydrogen-bond acceptors (Lipinski definition) is 7. The summed E-state index contributed by atoms with van der Waals surface area (Å²) < 4.78 is 5.79. The van der Waals surface area contributed by atoms with Crippen molar-refractivity contribution in [2.24, 2.45) is 10.9 Å². The molecule has 2 aromatic rings. The molecule has 31 heavy (non-hydrogen) atoms. The molecule has 2 atom stereocenters. The molecule has 1 aliphatic heterocycles. The predicted octanol–water partition coefficient (Wildman–Crippen LogP) is 4.89. The van der Waals surface area contributed by atoms with Crippen molar-refractivity contribution >= 4 is 46.3 Å². The summed E-state index contributed by atoms with van der Waals surface area (Å²) in [6.07, 6.45) is 12.8. The van der Waals surface area contributed by atoms with Crippen molar-refractivity contribution in [3.05, 3.63) is 83.7 Å². The van der Waals surface area contributed by atoms with Gasteiger partial charge in [0.1, 0.15) is 5.84 Å². The second-order valence-corrected chi connectivity index (χ2v) is 7.90. The van der Waals surface area contributed by atoms with Gasteiger partial charge in [0.05, 0.1) is 17.8 Å². The molecule has 0 bridgehead atoms. The van der Waals surface area contributed by atoms with E-state index in [2.05, 4.69) is 37.4 Å². The molecule has 0 spiro atoms. The lowest BCUT2D eigenvalue weighted by Gasteiger charge is -2.25. The minimum atomic E-state index is -0.300. The van der Waals surface area contributed by atoms with E-state index in [0.29, 0.717) is 34.6 Å². The summed E-state index contributed by atoms with van der Waals surface area (Å²) in [6, 6.07) is 3.99. The van der Waals surface area contributed by atoms with E-state index in [0.717, 1.165) is 11.4 Å². The zero-order valence-electron chi connectivity index (χ0n) is 16.7. The maximum Gasteiger partial charge on any atom is 0.320 e. The van der Waals surface area contributed by atoms with Gasteiger partial charge < -0.3 is 15.1 Å². The molecule has 0 aromatic carbocycles. The molecule has 0 saturated heterocycles. The van der Waals surface area contributed by atoms with Gasteiger partial charge in [-0.05, 0) is 31.2 Å². The molecule has 0 fully saturated rings. The second kappa shape index (κ2) is 9.32. The van der Waals surface area contributed by atoms with Crippen LogP contribution in [0.5, 0.6) is 0 Å². The molecule has 3 heterocycles. The molecule has 4 rings (SSSR count). The molecule has 158 valence electrons. The van der Waals surface area contributed by atoms with Crippen LogP contribution in [0.4, 0.5) is 11.7 Å². The van der Waals surface area contributed by atoms with Gasteiger partial charge >= 0.3 is 6.01 Å². The molecular weight excluding hydrogens is 435 g/mol. The van der Waals surface area contributed by atoms with Gasteiger partial charge in [-0.15, -0.1) is 16.7 Å². The third-order valence-corrected chi connectivity index (χ3v) is 5.32. The highest BCUT2D eigenvalue weighted by Crippen LogP contribution is 2.30. The Bertz CT molecular complexity index is 1140. The Kier molecular flexibility index (Phi) is 6.34. The average molecular weight is 455 g/mol. The lowest BCUT2D eigenvalue weighted by Crippen LogP contribution is -2.35. The molecule has 0 saturated carbocycles. The van der Waals surface area contributed by atoms with Crippen molar-refractivity contribution in [2.45, 2.75) is 12.3 Å². The summed E-state index contributed by atoms with van der Waals surface area (Å²) in [7, 11) is 0. The first-order valence-corrected chi connectivity index (χ1v) is 10.4. The van der Waals surface area contributed by atoms with Crippen LogP contribution < -0.4 is 10.6 Å². The Morgan fingerprint density at radius 2 is 2.19 bits per heavy atom. The van der Waals surface area contributed by atoms with Crippen LogP contribution in [-0.4, -0.2) is 32.9 Å². The minimum absolute atomic E-state index is 0.267. The quantitative estimate of drug-likeness (QED) is 0.639. The zero-order valence-corrected chi connectivity index (χ0v) is 18.2. The van der Waals surface area contributed by atoms with Gasteiger partial charge in [0.15, 0.2) is 0 Å². The number of aryl methyl sites for hydroxylation is 1. The second-order valence-electron chi connectivity index (χ2n) is 6.96. The number of alkyl halides is 1. The zero-order chi connectivity index (χ0) is 21.8. The van der Waals surface area contributed by atoms with Gasteiger partial charge in [-0.3, -0.25) is 9.98 Å². The van der Waals surface area contributed by atoms with Crippen molar-refractivity contribution in [2.75, 3.05) is 11.9 Å². The maximum atomic E-state index is 6.46. The Labute approximate surface area is 190 Å². The number of aromatic nitrogens is 3. The molecule has 9 heteroatoms. The summed E-state index contributed by atoms with van der Waals surface area (Å²) in [5, 5.41) is 14.8. The summed E-state index contributed by atoms with van der Waals surface area (Å²) in [5.74, 6) is 0.736. The fraction of sp³-hybridized carbons (Fsp3) is 0.182. The van der Waals surface area contributed by atoms with Crippen molar-refractivity contribution in [1.29, 1.82) is 0 Å². The van der Waals surface area contributed by atoms with E-state index < -0.39 is 0 Å². The van der Waals surface area contributed by atoms with Crippen molar-refractivity contribution < 1.29 is 4.42 Å². The number of pyridine rings is 1. The fourth-order valence-electron chi connectivity index (χ4n) is 3.15. The van der Waals surface area contributed by atoms with E-state index in [4.69, 9.17) is 27.6 Å².